The van der Waals surface area contributed by atoms with Crippen molar-refractivity contribution in [2.45, 2.75) is 34.6 Å². The van der Waals surface area contributed by atoms with E-state index < -0.39 is 11.8 Å². The summed E-state index contributed by atoms with van der Waals surface area (Å²) < 4.78 is 5.04. The molecule has 0 saturated carbocycles. The van der Waals surface area contributed by atoms with Gasteiger partial charge in [-0.25, -0.2) is 4.79 Å². The second kappa shape index (κ2) is 7.83. The van der Waals surface area contributed by atoms with E-state index in [1.54, 1.807) is 26.8 Å². The third-order valence-electron chi connectivity index (χ3n) is 4.24. The van der Waals surface area contributed by atoms with Crippen LogP contribution in [0.4, 0.5) is 0 Å². The van der Waals surface area contributed by atoms with Gasteiger partial charge >= 0.3 is 5.97 Å². The topological polar surface area (TPSA) is 83.0 Å². The summed E-state index contributed by atoms with van der Waals surface area (Å²) in [6, 6.07) is 7.83. The van der Waals surface area contributed by atoms with Crippen LogP contribution in [0.1, 0.15) is 55.7 Å². The summed E-state index contributed by atoms with van der Waals surface area (Å²) >= 11 is 0. The average molecular weight is 350 g/mol. The van der Waals surface area contributed by atoms with Gasteiger partial charge in [0.05, 0.1) is 17.9 Å². The summed E-state index contributed by atoms with van der Waals surface area (Å²) in [6.45, 7) is 9.24. The minimum absolute atomic E-state index is 0.0125. The minimum atomic E-state index is -0.477. The zero-order chi connectivity index (χ0) is 19.4. The number of allylic oxidation sites excluding steroid dienone is 1. The largest absolute Gasteiger partial charge is 0.462 e. The number of hydrogen-bond acceptors (Lipinski definition) is 4. The number of benzene rings is 1. The molecule has 5 heteroatoms. The highest BCUT2D eigenvalue weighted by molar-refractivity contribution is 6.15. The Morgan fingerprint density at radius 1 is 1.23 bits per heavy atom. The first kappa shape index (κ1) is 19.2. The predicted molar refractivity (Wildman–Crippen MR) is 100 cm³/mol. The Hall–Kier alpha value is -3.13. The van der Waals surface area contributed by atoms with E-state index in [0.717, 1.165) is 16.7 Å². The van der Waals surface area contributed by atoms with E-state index in [0.29, 0.717) is 16.8 Å². The van der Waals surface area contributed by atoms with Crippen molar-refractivity contribution in [3.63, 3.8) is 0 Å². The summed E-state index contributed by atoms with van der Waals surface area (Å²) in [5.74, 6) is -0.917. The van der Waals surface area contributed by atoms with Gasteiger partial charge in [-0.2, -0.15) is 5.26 Å². The second-order valence-corrected chi connectivity index (χ2v) is 6.20. The fourth-order valence-corrected chi connectivity index (χ4v) is 2.84. The fourth-order valence-electron chi connectivity index (χ4n) is 2.84. The number of nitrogens with zero attached hydrogens (tertiary/aromatic N) is 1. The molecule has 134 valence electrons. The predicted octanol–water partition coefficient (Wildman–Crippen LogP) is 4.21. The van der Waals surface area contributed by atoms with Gasteiger partial charge in [0.1, 0.15) is 11.6 Å². The number of nitrogens with one attached hydrogen (secondary N) is 1. The Kier molecular flexibility index (Phi) is 5.78. The van der Waals surface area contributed by atoms with E-state index >= 15 is 0 Å². The molecule has 0 aliphatic rings. The van der Waals surface area contributed by atoms with Crippen molar-refractivity contribution in [3.05, 3.63) is 63.0 Å². The van der Waals surface area contributed by atoms with Crippen LogP contribution in [0, 0.1) is 39.0 Å². The first-order valence-electron chi connectivity index (χ1n) is 8.40. The maximum atomic E-state index is 12.9. The van der Waals surface area contributed by atoms with Gasteiger partial charge in [-0.3, -0.25) is 4.79 Å². The number of ether oxygens (including phenoxy) is 1. The van der Waals surface area contributed by atoms with E-state index in [1.807, 2.05) is 38.1 Å². The molecule has 0 radical (unpaired) electrons. The monoisotopic (exact) mass is 350 g/mol. The number of carbonyl (C=O) groups excluding carboxylic acids is 2. The maximum absolute atomic E-state index is 12.9. The number of aryl methyl sites for hydroxylation is 3. The number of Topliss-reactive ketones (excluding diaryl/α,β-unsaturated/α-hetero) is 1. The molecule has 1 aromatic carbocycles. The Labute approximate surface area is 153 Å². The van der Waals surface area contributed by atoms with Crippen molar-refractivity contribution >= 4 is 17.8 Å². The number of ketones is 1. The van der Waals surface area contributed by atoms with Crippen LogP contribution < -0.4 is 0 Å². The van der Waals surface area contributed by atoms with Gasteiger partial charge in [0.15, 0.2) is 0 Å². The highest BCUT2D eigenvalue weighted by Crippen LogP contribution is 2.23. The summed E-state index contributed by atoms with van der Waals surface area (Å²) in [5, 5.41) is 9.50. The van der Waals surface area contributed by atoms with Crippen molar-refractivity contribution in [3.8, 4) is 6.07 Å². The average Bonchev–Trinajstić information content (AvgIpc) is 2.89. The van der Waals surface area contributed by atoms with E-state index in [4.69, 9.17) is 4.74 Å². The van der Waals surface area contributed by atoms with Crippen LogP contribution in [0.25, 0.3) is 6.08 Å². The van der Waals surface area contributed by atoms with Crippen LogP contribution >= 0.6 is 0 Å². The molecule has 26 heavy (non-hydrogen) atoms. The standard InChI is InChI=1S/C21H22N2O3/c1-6-26-21(25)18-14(4)19(23-15(18)5)20(24)17(11-22)10-16-9-12(2)7-8-13(16)3/h7-10,23H,6H2,1-5H3/b17-10+. The van der Waals surface area contributed by atoms with Crippen LogP contribution in [-0.2, 0) is 4.74 Å². The van der Waals surface area contributed by atoms with Gasteiger partial charge in [0.2, 0.25) is 5.78 Å². The molecule has 0 bridgehead atoms. The van der Waals surface area contributed by atoms with E-state index in [2.05, 4.69) is 4.98 Å². The summed E-state index contributed by atoms with van der Waals surface area (Å²) in [4.78, 5) is 27.9. The minimum Gasteiger partial charge on any atom is -0.462 e. The normalized spacial score (nSPS) is 11.2. The van der Waals surface area contributed by atoms with Crippen LogP contribution in [0.15, 0.2) is 23.8 Å². The third-order valence-corrected chi connectivity index (χ3v) is 4.24. The molecule has 0 spiro atoms. The highest BCUT2D eigenvalue weighted by Gasteiger charge is 2.24. The molecule has 1 aromatic heterocycles. The number of carbonyl (C=O) groups is 2. The first-order chi connectivity index (χ1) is 12.3. The lowest BCUT2D eigenvalue weighted by Gasteiger charge is -2.04. The molecule has 0 aliphatic heterocycles. The zero-order valence-corrected chi connectivity index (χ0v) is 15.7. The summed E-state index contributed by atoms with van der Waals surface area (Å²) in [7, 11) is 0. The quantitative estimate of drug-likeness (QED) is 0.379. The molecule has 0 atom stereocenters. The Balaban J connectivity index is 2.49. The number of rotatable bonds is 5. The Bertz CT molecular complexity index is 943. The molecule has 2 aromatic rings. The number of aromatic amines is 1. The highest BCUT2D eigenvalue weighted by atomic mass is 16.5. The fraction of sp³-hybridized carbons (Fsp3) is 0.286. The Morgan fingerprint density at radius 2 is 1.92 bits per heavy atom. The lowest BCUT2D eigenvalue weighted by Crippen LogP contribution is -2.08. The van der Waals surface area contributed by atoms with Gasteiger partial charge in [0.25, 0.3) is 0 Å². The van der Waals surface area contributed by atoms with Crippen LogP contribution in [-0.4, -0.2) is 23.3 Å². The number of nitriles is 1. The number of hydrogen-bond donors (Lipinski definition) is 1. The zero-order valence-electron chi connectivity index (χ0n) is 15.7. The number of aromatic nitrogens is 1. The smallest absolute Gasteiger partial charge is 0.340 e. The van der Waals surface area contributed by atoms with Crippen LogP contribution in [0.2, 0.25) is 0 Å². The van der Waals surface area contributed by atoms with Crippen LogP contribution in [0.3, 0.4) is 0 Å². The molecule has 2 rings (SSSR count). The van der Waals surface area contributed by atoms with Gasteiger partial charge in [-0.15, -0.1) is 0 Å². The Morgan fingerprint density at radius 3 is 2.54 bits per heavy atom. The molecular formula is C21H22N2O3. The van der Waals surface area contributed by atoms with Crippen molar-refractivity contribution in [1.82, 2.24) is 4.98 Å². The molecule has 5 nitrogen and oxygen atoms in total. The number of esters is 1. The lowest BCUT2D eigenvalue weighted by molar-refractivity contribution is 0.0525. The molecule has 0 unspecified atom stereocenters. The lowest BCUT2D eigenvalue weighted by atomic mass is 9.99. The van der Waals surface area contributed by atoms with Gasteiger partial charge in [-0.05, 0) is 57.4 Å². The molecule has 0 fully saturated rings. The van der Waals surface area contributed by atoms with Gasteiger partial charge in [-0.1, -0.05) is 23.8 Å². The molecule has 1 heterocycles. The SMILES string of the molecule is CCOC(=O)c1c(C)[nH]c(C(=O)/C(C#N)=C/c2cc(C)ccc2C)c1C. The van der Waals surface area contributed by atoms with Crippen molar-refractivity contribution in [2.75, 3.05) is 6.61 Å². The van der Waals surface area contributed by atoms with Gasteiger partial charge in [0, 0.05) is 5.69 Å². The van der Waals surface area contributed by atoms with Crippen molar-refractivity contribution in [1.29, 1.82) is 5.26 Å². The van der Waals surface area contributed by atoms with E-state index in [9.17, 15) is 14.9 Å². The maximum Gasteiger partial charge on any atom is 0.340 e. The third kappa shape index (κ3) is 3.75. The summed E-state index contributed by atoms with van der Waals surface area (Å²) in [5.41, 5.74) is 4.48. The molecule has 0 amide bonds. The second-order valence-electron chi connectivity index (χ2n) is 6.20. The first-order valence-corrected chi connectivity index (χ1v) is 8.40. The summed E-state index contributed by atoms with van der Waals surface area (Å²) in [6.07, 6.45) is 1.59. The van der Waals surface area contributed by atoms with E-state index in [1.165, 1.54) is 0 Å². The molecule has 0 saturated heterocycles. The van der Waals surface area contributed by atoms with Crippen LogP contribution in [0.5, 0.6) is 0 Å². The molecular weight excluding hydrogens is 328 g/mol. The molecule has 0 aliphatic carbocycles. The number of H-pyrrole nitrogens is 1. The molecule has 1 N–H and O–H groups in total. The van der Waals surface area contributed by atoms with E-state index in [-0.39, 0.29) is 17.9 Å². The van der Waals surface area contributed by atoms with Crippen molar-refractivity contribution < 1.29 is 14.3 Å². The van der Waals surface area contributed by atoms with Gasteiger partial charge < -0.3 is 9.72 Å². The van der Waals surface area contributed by atoms with Crippen molar-refractivity contribution in [2.24, 2.45) is 0 Å².